The van der Waals surface area contributed by atoms with Gasteiger partial charge in [-0.15, -0.1) is 0 Å². The maximum absolute atomic E-state index is 2.72. The Morgan fingerprint density at radius 1 is 0.667 bits per heavy atom. The second-order valence-corrected chi connectivity index (χ2v) is 12.8. The summed E-state index contributed by atoms with van der Waals surface area (Å²) < 4.78 is 0. The van der Waals surface area contributed by atoms with E-state index in [2.05, 4.69) is 26.8 Å². The summed E-state index contributed by atoms with van der Waals surface area (Å²) in [6.07, 6.45) is 18.8. The molecule has 0 atom stereocenters. The molecule has 0 aromatic heterocycles. The van der Waals surface area contributed by atoms with Crippen molar-refractivity contribution in [1.82, 2.24) is 0 Å². The summed E-state index contributed by atoms with van der Waals surface area (Å²) in [6.45, 7) is 7.33. The molecule has 0 bridgehead atoms. The Morgan fingerprint density at radius 3 is 1.43 bits per heavy atom. The Bertz CT molecular complexity index is 253. The molecule has 0 aromatic rings. The van der Waals surface area contributed by atoms with Crippen LogP contribution in [-0.2, 0) is 0 Å². The van der Waals surface area contributed by atoms with Crippen LogP contribution in [0.3, 0.4) is 0 Å². The van der Waals surface area contributed by atoms with Crippen molar-refractivity contribution in [2.45, 2.75) is 116 Å². The van der Waals surface area contributed by atoms with Gasteiger partial charge in [0.25, 0.3) is 0 Å². The van der Waals surface area contributed by atoms with E-state index in [1.54, 1.807) is 0 Å². The fourth-order valence-corrected chi connectivity index (χ4v) is 6.90. The van der Waals surface area contributed by atoms with Crippen molar-refractivity contribution >= 4 is 8.07 Å². The maximum Gasteiger partial charge on any atom is 0.0565 e. The highest BCUT2D eigenvalue weighted by Gasteiger charge is 2.25. The molecule has 1 heteroatoms. The van der Waals surface area contributed by atoms with Gasteiger partial charge in [-0.05, 0) is 31.7 Å². The highest BCUT2D eigenvalue weighted by atomic mass is 28.3. The van der Waals surface area contributed by atoms with E-state index in [1.165, 1.54) is 94.8 Å². The molecule has 0 heterocycles. The van der Waals surface area contributed by atoms with Crippen LogP contribution in [0.25, 0.3) is 0 Å². The Labute approximate surface area is 135 Å². The Morgan fingerprint density at radius 2 is 1.05 bits per heavy atom. The number of hydrogen-bond acceptors (Lipinski definition) is 0. The number of allylic oxidation sites excluding steroid dienone is 2. The Hall–Kier alpha value is -0.0431. The molecular weight excluding hydrogens is 268 g/mol. The van der Waals surface area contributed by atoms with Crippen molar-refractivity contribution in [3.05, 3.63) is 11.6 Å². The lowest BCUT2D eigenvalue weighted by molar-refractivity contribution is 0.540. The summed E-state index contributed by atoms with van der Waals surface area (Å²) in [5, 5.41) is 0. The van der Waals surface area contributed by atoms with Gasteiger partial charge in [0, 0.05) is 0 Å². The molecular formula is C20H40Si. The molecule has 1 saturated carbocycles. The van der Waals surface area contributed by atoms with Gasteiger partial charge in [-0.1, -0.05) is 95.5 Å². The summed E-state index contributed by atoms with van der Waals surface area (Å²) >= 11 is 0. The van der Waals surface area contributed by atoms with Crippen LogP contribution in [0.5, 0.6) is 0 Å². The Balaban J connectivity index is 2.54. The number of hydrogen-bond donors (Lipinski definition) is 0. The predicted octanol–water partition coefficient (Wildman–Crippen LogP) is 7.73. The van der Waals surface area contributed by atoms with E-state index in [-0.39, 0.29) is 0 Å². The van der Waals surface area contributed by atoms with E-state index < -0.39 is 8.07 Å². The van der Waals surface area contributed by atoms with Crippen LogP contribution >= 0.6 is 0 Å². The summed E-state index contributed by atoms with van der Waals surface area (Å²) in [6, 6.07) is 5.89. The van der Waals surface area contributed by atoms with Crippen LogP contribution in [0.1, 0.15) is 91.4 Å². The molecule has 0 spiro atoms. The molecule has 0 N–H and O–H groups in total. The molecule has 1 rings (SSSR count). The average molecular weight is 309 g/mol. The zero-order valence-electron chi connectivity index (χ0n) is 15.2. The lowest BCUT2D eigenvalue weighted by atomic mass is 9.97. The SMILES string of the molecule is CC[Si](CC)(CC)CC=C1CCCCCCCCCCC1. The normalized spacial score (nSPS) is 19.7. The van der Waals surface area contributed by atoms with Crippen molar-refractivity contribution in [3.8, 4) is 0 Å². The van der Waals surface area contributed by atoms with E-state index in [9.17, 15) is 0 Å². The highest BCUT2D eigenvalue weighted by Crippen LogP contribution is 2.28. The maximum atomic E-state index is 2.72. The van der Waals surface area contributed by atoms with Crippen LogP contribution in [0, 0.1) is 0 Å². The molecule has 1 aliphatic rings. The first-order chi connectivity index (χ1) is 10.3. The zero-order chi connectivity index (χ0) is 15.4. The minimum absolute atomic E-state index is 0.947. The van der Waals surface area contributed by atoms with Crippen LogP contribution in [-0.4, -0.2) is 8.07 Å². The molecule has 1 fully saturated rings. The van der Waals surface area contributed by atoms with Gasteiger partial charge in [0.2, 0.25) is 0 Å². The topological polar surface area (TPSA) is 0 Å². The number of rotatable bonds is 5. The first-order valence-corrected chi connectivity index (χ1v) is 12.8. The first kappa shape index (κ1) is 19.0. The fraction of sp³-hybridized carbons (Fsp3) is 0.900. The third-order valence-electron chi connectivity index (χ3n) is 6.07. The van der Waals surface area contributed by atoms with Gasteiger partial charge in [-0.3, -0.25) is 0 Å². The molecule has 0 saturated heterocycles. The van der Waals surface area contributed by atoms with Crippen LogP contribution in [0.2, 0.25) is 24.2 Å². The van der Waals surface area contributed by atoms with Crippen molar-refractivity contribution < 1.29 is 0 Å². The molecule has 124 valence electrons. The molecule has 0 unspecified atom stereocenters. The van der Waals surface area contributed by atoms with Crippen LogP contribution in [0.4, 0.5) is 0 Å². The molecule has 0 amide bonds. The van der Waals surface area contributed by atoms with Crippen molar-refractivity contribution in [2.75, 3.05) is 0 Å². The van der Waals surface area contributed by atoms with Crippen molar-refractivity contribution in [3.63, 3.8) is 0 Å². The van der Waals surface area contributed by atoms with Gasteiger partial charge in [-0.2, -0.15) is 0 Å². The second kappa shape index (κ2) is 11.5. The van der Waals surface area contributed by atoms with E-state index in [4.69, 9.17) is 0 Å². The smallest absolute Gasteiger partial charge is 0.0565 e. The predicted molar refractivity (Wildman–Crippen MR) is 101 cm³/mol. The van der Waals surface area contributed by atoms with Crippen molar-refractivity contribution in [1.29, 1.82) is 0 Å². The highest BCUT2D eigenvalue weighted by molar-refractivity contribution is 6.80. The van der Waals surface area contributed by atoms with E-state index >= 15 is 0 Å². The third-order valence-corrected chi connectivity index (χ3v) is 11.6. The van der Waals surface area contributed by atoms with Crippen molar-refractivity contribution in [2.24, 2.45) is 0 Å². The van der Waals surface area contributed by atoms with Crippen LogP contribution < -0.4 is 0 Å². The molecule has 0 nitrogen and oxygen atoms in total. The standard InChI is InChI=1S/C20H40Si/c1-4-21(5-2,6-3)19-18-20-16-14-12-10-8-7-9-11-13-15-17-20/h18H,4-17,19H2,1-3H3. The minimum Gasteiger partial charge on any atom is -0.0880 e. The summed E-state index contributed by atoms with van der Waals surface area (Å²) in [5.41, 5.74) is 1.82. The van der Waals surface area contributed by atoms with Gasteiger partial charge in [0.05, 0.1) is 8.07 Å². The second-order valence-electron chi connectivity index (χ2n) is 7.31. The Kier molecular flexibility index (Phi) is 10.4. The first-order valence-electron chi connectivity index (χ1n) is 9.94. The molecule has 0 radical (unpaired) electrons. The largest absolute Gasteiger partial charge is 0.0880 e. The van der Waals surface area contributed by atoms with E-state index in [0.717, 1.165) is 0 Å². The monoisotopic (exact) mass is 308 g/mol. The summed E-state index contributed by atoms with van der Waals surface area (Å²) in [4.78, 5) is 0. The average Bonchev–Trinajstić information content (AvgIpc) is 2.51. The minimum atomic E-state index is -0.947. The lowest BCUT2D eigenvalue weighted by Gasteiger charge is -2.27. The van der Waals surface area contributed by atoms with Crippen LogP contribution in [0.15, 0.2) is 11.6 Å². The summed E-state index contributed by atoms with van der Waals surface area (Å²) in [7, 11) is -0.947. The lowest BCUT2D eigenvalue weighted by Crippen LogP contribution is -2.30. The van der Waals surface area contributed by atoms with Gasteiger partial charge in [0.1, 0.15) is 0 Å². The van der Waals surface area contributed by atoms with E-state index in [0.29, 0.717) is 0 Å². The molecule has 1 aliphatic carbocycles. The van der Waals surface area contributed by atoms with Gasteiger partial charge in [0.15, 0.2) is 0 Å². The fourth-order valence-electron chi connectivity index (χ4n) is 3.81. The van der Waals surface area contributed by atoms with Gasteiger partial charge in [-0.25, -0.2) is 0 Å². The van der Waals surface area contributed by atoms with Gasteiger partial charge < -0.3 is 0 Å². The zero-order valence-corrected chi connectivity index (χ0v) is 16.2. The molecule has 0 aromatic carbocycles. The third kappa shape index (κ3) is 7.67. The quantitative estimate of drug-likeness (QED) is 0.360. The molecule has 21 heavy (non-hydrogen) atoms. The molecule has 0 aliphatic heterocycles. The van der Waals surface area contributed by atoms with E-state index in [1.807, 2.05) is 5.57 Å². The summed E-state index contributed by atoms with van der Waals surface area (Å²) in [5.74, 6) is 0. The van der Waals surface area contributed by atoms with Gasteiger partial charge >= 0.3 is 0 Å².